The molecule has 1 N–H and O–H groups in total. The van der Waals surface area contributed by atoms with Crippen LogP contribution in [0.2, 0.25) is 0 Å². The molecule has 0 fully saturated rings. The average molecular weight is 421 g/mol. The van der Waals surface area contributed by atoms with Gasteiger partial charge in [0.2, 0.25) is 10.0 Å². The van der Waals surface area contributed by atoms with Crippen LogP contribution in [0.15, 0.2) is 64.3 Å². The quantitative estimate of drug-likeness (QED) is 0.632. The molecule has 0 aliphatic rings. The second-order valence-electron chi connectivity index (χ2n) is 5.98. The second-order valence-corrected chi connectivity index (χ2v) is 7.72. The molecule has 0 spiro atoms. The van der Waals surface area contributed by atoms with Gasteiger partial charge in [-0.05, 0) is 42.5 Å². The number of benzene rings is 2. The first-order chi connectivity index (χ1) is 13.8. The molecule has 0 radical (unpaired) electrons. The molecular weight excluding hydrogens is 404 g/mol. The third-order valence-electron chi connectivity index (χ3n) is 4.05. The maximum Gasteiger partial charge on any atom is 0.266 e. The van der Waals surface area contributed by atoms with Gasteiger partial charge in [-0.2, -0.15) is 5.10 Å². The minimum absolute atomic E-state index is 0.0785. The Morgan fingerprint density at radius 1 is 1.07 bits per heavy atom. The zero-order valence-electron chi connectivity index (χ0n) is 15.3. The smallest absolute Gasteiger partial charge is 0.266 e. The minimum Gasteiger partial charge on any atom is -0.497 e. The van der Waals surface area contributed by atoms with Crippen LogP contribution >= 0.6 is 0 Å². The summed E-state index contributed by atoms with van der Waals surface area (Å²) in [5, 5.41) is 4.22. The van der Waals surface area contributed by atoms with Crippen molar-refractivity contribution in [3.63, 3.8) is 0 Å². The fourth-order valence-corrected chi connectivity index (χ4v) is 3.66. The van der Waals surface area contributed by atoms with E-state index in [1.807, 2.05) is 0 Å². The lowest BCUT2D eigenvalue weighted by Crippen LogP contribution is -2.32. The number of hydrogen-bond acceptors (Lipinski definition) is 5. The van der Waals surface area contributed by atoms with Crippen molar-refractivity contribution < 1.29 is 21.9 Å². The van der Waals surface area contributed by atoms with Crippen molar-refractivity contribution >= 4 is 10.0 Å². The predicted octanol–water partition coefficient (Wildman–Crippen LogP) is 2.18. The van der Waals surface area contributed by atoms with E-state index in [4.69, 9.17) is 4.74 Å². The largest absolute Gasteiger partial charge is 0.497 e. The Bertz CT molecular complexity index is 1180. The molecule has 0 atom stereocenters. The topological polar surface area (TPSA) is 90.3 Å². The lowest BCUT2D eigenvalue weighted by Gasteiger charge is -2.10. The maximum atomic E-state index is 13.7. The van der Waals surface area contributed by atoms with Crippen LogP contribution in [0.4, 0.5) is 8.78 Å². The Hall–Kier alpha value is -3.11. The Morgan fingerprint density at radius 3 is 2.45 bits per heavy atom. The highest BCUT2D eigenvalue weighted by molar-refractivity contribution is 7.89. The summed E-state index contributed by atoms with van der Waals surface area (Å²) in [4.78, 5) is 11.3. The molecule has 7 nitrogen and oxygen atoms in total. The molecule has 10 heteroatoms. The van der Waals surface area contributed by atoms with Gasteiger partial charge < -0.3 is 4.74 Å². The molecular formula is C19H17F2N3O4S. The zero-order valence-corrected chi connectivity index (χ0v) is 16.1. The van der Waals surface area contributed by atoms with Crippen LogP contribution in [0.25, 0.3) is 11.3 Å². The highest BCUT2D eigenvalue weighted by Crippen LogP contribution is 2.19. The third kappa shape index (κ3) is 4.84. The van der Waals surface area contributed by atoms with Gasteiger partial charge in [0, 0.05) is 24.2 Å². The van der Waals surface area contributed by atoms with E-state index in [0.717, 1.165) is 22.4 Å². The van der Waals surface area contributed by atoms with Crippen molar-refractivity contribution in [2.45, 2.75) is 11.4 Å². The number of methoxy groups -OCH3 is 1. The first-order valence-corrected chi connectivity index (χ1v) is 9.96. The van der Waals surface area contributed by atoms with Crippen molar-refractivity contribution in [2.24, 2.45) is 0 Å². The van der Waals surface area contributed by atoms with Crippen LogP contribution < -0.4 is 15.0 Å². The summed E-state index contributed by atoms with van der Waals surface area (Å²) >= 11 is 0. The van der Waals surface area contributed by atoms with E-state index in [2.05, 4.69) is 9.82 Å². The maximum absolute atomic E-state index is 13.7. The second kappa shape index (κ2) is 8.50. The molecule has 152 valence electrons. The van der Waals surface area contributed by atoms with Crippen LogP contribution in [-0.2, 0) is 16.6 Å². The standard InChI is InChI=1S/C19H17F2N3O4S/c1-28-15-5-2-13(3-6-15)17-7-9-19(25)24(23-17)11-10-22-29(26,27)18-8-4-14(20)12-16(18)21/h2-9,12,22H,10-11H2,1H3. The summed E-state index contributed by atoms with van der Waals surface area (Å²) in [6.45, 7) is -0.289. The van der Waals surface area contributed by atoms with E-state index in [9.17, 15) is 22.0 Å². The SMILES string of the molecule is COc1ccc(-c2ccc(=O)n(CCNS(=O)(=O)c3ccc(F)cc3F)n2)cc1. The highest BCUT2D eigenvalue weighted by atomic mass is 32.2. The zero-order chi connectivity index (χ0) is 21.0. The molecule has 0 bridgehead atoms. The van der Waals surface area contributed by atoms with Gasteiger partial charge >= 0.3 is 0 Å². The van der Waals surface area contributed by atoms with Crippen LogP contribution in [0.1, 0.15) is 0 Å². The Kier molecular flexibility index (Phi) is 6.04. The van der Waals surface area contributed by atoms with Crippen LogP contribution in [-0.4, -0.2) is 31.9 Å². The normalized spacial score (nSPS) is 11.4. The lowest BCUT2D eigenvalue weighted by atomic mass is 10.1. The van der Waals surface area contributed by atoms with Crippen molar-refractivity contribution in [2.75, 3.05) is 13.7 Å². The summed E-state index contributed by atoms with van der Waals surface area (Å²) in [5.41, 5.74) is 0.836. The molecule has 3 aromatic rings. The number of hydrogen-bond donors (Lipinski definition) is 1. The highest BCUT2D eigenvalue weighted by Gasteiger charge is 2.19. The van der Waals surface area contributed by atoms with Crippen molar-refractivity contribution in [1.82, 2.24) is 14.5 Å². The predicted molar refractivity (Wildman–Crippen MR) is 102 cm³/mol. The molecule has 0 amide bonds. The first-order valence-electron chi connectivity index (χ1n) is 8.47. The average Bonchev–Trinajstić information content (AvgIpc) is 2.69. The van der Waals surface area contributed by atoms with E-state index in [1.54, 1.807) is 37.4 Å². The summed E-state index contributed by atoms with van der Waals surface area (Å²) in [6, 6.07) is 12.1. The summed E-state index contributed by atoms with van der Waals surface area (Å²) < 4.78 is 59.5. The van der Waals surface area contributed by atoms with E-state index in [1.165, 1.54) is 6.07 Å². The molecule has 3 rings (SSSR count). The number of halogens is 2. The Morgan fingerprint density at radius 2 is 1.79 bits per heavy atom. The van der Waals surface area contributed by atoms with E-state index < -0.39 is 32.1 Å². The fraction of sp³-hybridized carbons (Fsp3) is 0.158. The molecule has 29 heavy (non-hydrogen) atoms. The molecule has 0 aliphatic heterocycles. The van der Waals surface area contributed by atoms with Crippen LogP contribution in [0.3, 0.4) is 0 Å². The van der Waals surface area contributed by atoms with Crippen LogP contribution in [0, 0.1) is 11.6 Å². The number of rotatable bonds is 7. The summed E-state index contributed by atoms with van der Waals surface area (Å²) in [7, 11) is -2.66. The third-order valence-corrected chi connectivity index (χ3v) is 5.55. The Balaban J connectivity index is 1.74. The van der Waals surface area contributed by atoms with Gasteiger partial charge in [0.05, 0.1) is 19.3 Å². The summed E-state index contributed by atoms with van der Waals surface area (Å²) in [6.07, 6.45) is 0. The Labute approximate surface area is 165 Å². The molecule has 0 aliphatic carbocycles. The molecule has 0 unspecified atom stereocenters. The lowest BCUT2D eigenvalue weighted by molar-refractivity contribution is 0.415. The molecule has 1 heterocycles. The number of ether oxygens (including phenoxy) is 1. The van der Waals surface area contributed by atoms with Gasteiger partial charge in [-0.1, -0.05) is 0 Å². The molecule has 1 aromatic heterocycles. The molecule has 2 aromatic carbocycles. The number of nitrogens with zero attached hydrogens (tertiary/aromatic N) is 2. The van der Waals surface area contributed by atoms with Gasteiger partial charge in [-0.3, -0.25) is 4.79 Å². The van der Waals surface area contributed by atoms with Crippen molar-refractivity contribution in [3.8, 4) is 17.0 Å². The van der Waals surface area contributed by atoms with Crippen LogP contribution in [0.5, 0.6) is 5.75 Å². The van der Waals surface area contributed by atoms with Gasteiger partial charge in [-0.25, -0.2) is 26.6 Å². The van der Waals surface area contributed by atoms with Gasteiger partial charge in [0.15, 0.2) is 0 Å². The molecule has 0 saturated carbocycles. The molecule has 0 saturated heterocycles. The number of nitrogens with one attached hydrogen (secondary N) is 1. The summed E-state index contributed by atoms with van der Waals surface area (Å²) in [5.74, 6) is -1.41. The number of aromatic nitrogens is 2. The van der Waals surface area contributed by atoms with Gasteiger partial charge in [0.1, 0.15) is 22.3 Å². The minimum atomic E-state index is -4.21. The monoisotopic (exact) mass is 421 g/mol. The van der Waals surface area contributed by atoms with Gasteiger partial charge in [-0.15, -0.1) is 0 Å². The fourth-order valence-electron chi connectivity index (χ4n) is 2.58. The van der Waals surface area contributed by atoms with E-state index in [-0.39, 0.29) is 13.1 Å². The first kappa shape index (κ1) is 20.6. The van der Waals surface area contributed by atoms with Crippen molar-refractivity contribution in [3.05, 3.63) is 76.6 Å². The van der Waals surface area contributed by atoms with Gasteiger partial charge in [0.25, 0.3) is 5.56 Å². The van der Waals surface area contributed by atoms with E-state index in [0.29, 0.717) is 17.5 Å². The van der Waals surface area contributed by atoms with E-state index >= 15 is 0 Å². The van der Waals surface area contributed by atoms with Crippen molar-refractivity contribution in [1.29, 1.82) is 0 Å². The number of sulfonamides is 1.